The third kappa shape index (κ3) is 45.3. The van der Waals surface area contributed by atoms with E-state index >= 15 is 0 Å². The van der Waals surface area contributed by atoms with Gasteiger partial charge in [0.2, 0.25) is 5.91 Å². The first-order valence-corrected chi connectivity index (χ1v) is 27.3. The number of hydrogen-bond donors (Lipinski definition) is 2. The maximum Gasteiger partial charge on any atom is 0.268 e. The Kier molecular flexibility index (Phi) is 42.4. The summed E-state index contributed by atoms with van der Waals surface area (Å²) in [4.78, 5) is 25.4. The van der Waals surface area contributed by atoms with Crippen LogP contribution in [0.3, 0.4) is 0 Å². The van der Waals surface area contributed by atoms with E-state index < -0.39 is 20.0 Å². The van der Waals surface area contributed by atoms with Crippen molar-refractivity contribution in [3.05, 3.63) is 0 Å². The van der Waals surface area contributed by atoms with Crippen LogP contribution in [-0.4, -0.2) is 68.5 Å². The molecule has 0 heterocycles. The molecule has 0 aromatic carbocycles. The molecule has 354 valence electrons. The van der Waals surface area contributed by atoms with E-state index in [1.165, 1.54) is 199 Å². The van der Waals surface area contributed by atoms with Gasteiger partial charge in [0.15, 0.2) is 0 Å². The minimum absolute atomic E-state index is 0.0161. The number of hydrogen-bond acceptors (Lipinski definition) is 6. The third-order valence-electron chi connectivity index (χ3n) is 12.1. The van der Waals surface area contributed by atoms with Gasteiger partial charge in [-0.15, -0.1) is 0 Å². The molecule has 0 aliphatic carbocycles. The van der Waals surface area contributed by atoms with Crippen molar-refractivity contribution in [1.29, 1.82) is 0 Å². The van der Waals surface area contributed by atoms with E-state index in [4.69, 9.17) is 9.05 Å². The van der Waals surface area contributed by atoms with Gasteiger partial charge in [-0.2, -0.15) is 0 Å². The molecule has 0 fully saturated rings. The van der Waals surface area contributed by atoms with Crippen LogP contribution in [0.2, 0.25) is 0 Å². The number of amides is 1. The molecule has 0 rings (SSSR count). The number of phosphoric ester groups is 1. The lowest BCUT2D eigenvalue weighted by Crippen LogP contribution is -2.46. The number of phosphoric acid groups is 1. The predicted octanol–water partition coefficient (Wildman–Crippen LogP) is 14.3. The summed E-state index contributed by atoms with van der Waals surface area (Å²) in [5.74, 6) is -0.160. The van der Waals surface area contributed by atoms with Crippen molar-refractivity contribution in [2.24, 2.45) is 0 Å². The van der Waals surface area contributed by atoms with E-state index in [9.17, 15) is 19.4 Å². The molecule has 0 aliphatic heterocycles. The molecular formula is C50H103N2O6P. The van der Waals surface area contributed by atoms with E-state index in [-0.39, 0.29) is 19.1 Å². The van der Waals surface area contributed by atoms with Crippen molar-refractivity contribution in [3.8, 4) is 0 Å². The van der Waals surface area contributed by atoms with Gasteiger partial charge in [0, 0.05) is 6.42 Å². The molecular weight excluding hydrogens is 756 g/mol. The van der Waals surface area contributed by atoms with E-state index in [2.05, 4.69) is 19.2 Å². The Morgan fingerprint density at radius 3 is 1.15 bits per heavy atom. The van der Waals surface area contributed by atoms with E-state index in [0.717, 1.165) is 38.5 Å². The predicted molar refractivity (Wildman–Crippen MR) is 252 cm³/mol. The van der Waals surface area contributed by atoms with Crippen LogP contribution in [0.15, 0.2) is 0 Å². The summed E-state index contributed by atoms with van der Waals surface area (Å²) in [6.07, 6.45) is 48.4. The standard InChI is InChI=1S/C50H103N2O6P/c1-6-8-10-12-14-16-18-19-20-21-22-23-24-25-26-27-28-29-30-31-32-34-36-38-40-42-44-50(54)51-48(47-58-59(55,56)57-46-45-52(3,4)5)49(53)43-41-39-37-35-33-17-15-13-11-9-7-2/h48-49,53H,6-47H2,1-5H3,(H-,51,54,55,56). The number of nitrogens with zero attached hydrogens (tertiary/aromatic N) is 1. The van der Waals surface area contributed by atoms with Gasteiger partial charge in [0.1, 0.15) is 13.2 Å². The molecule has 3 atom stereocenters. The fourth-order valence-electron chi connectivity index (χ4n) is 7.98. The molecule has 2 N–H and O–H groups in total. The molecule has 0 aromatic rings. The maximum absolute atomic E-state index is 12.9. The molecule has 0 bridgehead atoms. The van der Waals surface area contributed by atoms with Gasteiger partial charge < -0.3 is 28.8 Å². The molecule has 1 amide bonds. The summed E-state index contributed by atoms with van der Waals surface area (Å²) in [6.45, 7) is 4.74. The largest absolute Gasteiger partial charge is 0.756 e. The first-order chi connectivity index (χ1) is 28.5. The summed E-state index contributed by atoms with van der Waals surface area (Å²) in [5.41, 5.74) is 0. The highest BCUT2D eigenvalue weighted by Gasteiger charge is 2.24. The van der Waals surface area contributed by atoms with Crippen molar-refractivity contribution in [3.63, 3.8) is 0 Å². The second-order valence-corrected chi connectivity index (χ2v) is 20.7. The highest BCUT2D eigenvalue weighted by molar-refractivity contribution is 7.45. The van der Waals surface area contributed by atoms with Gasteiger partial charge in [-0.1, -0.05) is 245 Å². The van der Waals surface area contributed by atoms with Crippen molar-refractivity contribution in [1.82, 2.24) is 5.32 Å². The molecule has 0 aliphatic rings. The minimum Gasteiger partial charge on any atom is -0.756 e. The number of rotatable bonds is 48. The third-order valence-corrected chi connectivity index (χ3v) is 13.1. The lowest BCUT2D eigenvalue weighted by Gasteiger charge is -2.30. The first-order valence-electron chi connectivity index (χ1n) is 25.9. The van der Waals surface area contributed by atoms with Crippen molar-refractivity contribution in [2.75, 3.05) is 40.9 Å². The monoisotopic (exact) mass is 859 g/mol. The fourth-order valence-corrected chi connectivity index (χ4v) is 8.71. The second-order valence-electron chi connectivity index (χ2n) is 19.2. The summed E-state index contributed by atoms with van der Waals surface area (Å²) in [6, 6.07) is -0.793. The molecule has 0 saturated heterocycles. The quantitative estimate of drug-likeness (QED) is 0.0358. The average molecular weight is 859 g/mol. The lowest BCUT2D eigenvalue weighted by atomic mass is 10.0. The summed E-state index contributed by atoms with van der Waals surface area (Å²) in [5, 5.41) is 13.9. The molecule has 59 heavy (non-hydrogen) atoms. The highest BCUT2D eigenvalue weighted by Crippen LogP contribution is 2.38. The Morgan fingerprint density at radius 1 is 0.525 bits per heavy atom. The van der Waals surface area contributed by atoms with Gasteiger partial charge in [-0.25, -0.2) is 0 Å². The molecule has 9 heteroatoms. The number of carbonyl (C=O) groups excluding carboxylic acids is 1. The van der Waals surface area contributed by atoms with Gasteiger partial charge >= 0.3 is 0 Å². The van der Waals surface area contributed by atoms with Crippen LogP contribution in [0.5, 0.6) is 0 Å². The Bertz CT molecular complexity index is 932. The van der Waals surface area contributed by atoms with E-state index in [0.29, 0.717) is 23.9 Å². The molecule has 0 aromatic heterocycles. The number of aliphatic hydroxyl groups is 1. The van der Waals surface area contributed by atoms with E-state index in [1.54, 1.807) is 0 Å². The molecule has 8 nitrogen and oxygen atoms in total. The number of carbonyl (C=O) groups is 1. The zero-order chi connectivity index (χ0) is 43.6. The lowest BCUT2D eigenvalue weighted by molar-refractivity contribution is -0.870. The molecule has 0 radical (unpaired) electrons. The molecule has 0 spiro atoms. The number of aliphatic hydroxyl groups excluding tert-OH is 1. The number of unbranched alkanes of at least 4 members (excludes halogenated alkanes) is 35. The van der Waals surface area contributed by atoms with Gasteiger partial charge in [0.25, 0.3) is 7.82 Å². The van der Waals surface area contributed by atoms with Crippen LogP contribution < -0.4 is 10.2 Å². The SMILES string of the molecule is CCCCCCCCCCCCCCCCCCCCCCCCCCCCC(=O)NC(COP(=O)([O-])OCC[N+](C)(C)C)C(O)CCCCCCCCCCCCC. The van der Waals surface area contributed by atoms with Crippen LogP contribution in [0.4, 0.5) is 0 Å². The van der Waals surface area contributed by atoms with Crippen LogP contribution in [0.1, 0.15) is 264 Å². The summed E-state index contributed by atoms with van der Waals surface area (Å²) >= 11 is 0. The van der Waals surface area contributed by atoms with Gasteiger partial charge in [-0.3, -0.25) is 9.36 Å². The molecule has 3 unspecified atom stereocenters. The number of nitrogens with one attached hydrogen (secondary N) is 1. The Morgan fingerprint density at radius 2 is 0.831 bits per heavy atom. The van der Waals surface area contributed by atoms with Gasteiger partial charge in [-0.05, 0) is 12.8 Å². The average Bonchev–Trinajstić information content (AvgIpc) is 3.19. The summed E-state index contributed by atoms with van der Waals surface area (Å²) in [7, 11) is 1.32. The zero-order valence-electron chi connectivity index (χ0n) is 40.2. The number of likely N-dealkylation sites (N-methyl/N-ethyl adjacent to an activating group) is 1. The smallest absolute Gasteiger partial charge is 0.268 e. The van der Waals surface area contributed by atoms with Gasteiger partial charge in [0.05, 0.1) is 39.9 Å². The highest BCUT2D eigenvalue weighted by atomic mass is 31.2. The van der Waals surface area contributed by atoms with Crippen LogP contribution >= 0.6 is 7.82 Å². The minimum atomic E-state index is -4.56. The van der Waals surface area contributed by atoms with Crippen molar-refractivity contribution < 1.29 is 32.9 Å². The summed E-state index contributed by atoms with van der Waals surface area (Å²) < 4.78 is 23.3. The number of quaternary nitrogens is 1. The van der Waals surface area contributed by atoms with Crippen LogP contribution in [0, 0.1) is 0 Å². The van der Waals surface area contributed by atoms with Crippen LogP contribution in [0.25, 0.3) is 0 Å². The Hall–Kier alpha value is -0.500. The van der Waals surface area contributed by atoms with E-state index in [1.807, 2.05) is 21.1 Å². The fraction of sp³-hybridized carbons (Fsp3) is 0.980. The second kappa shape index (κ2) is 42.8. The van der Waals surface area contributed by atoms with Crippen LogP contribution in [-0.2, 0) is 18.4 Å². The zero-order valence-corrected chi connectivity index (χ0v) is 41.1. The maximum atomic E-state index is 12.9. The Balaban J connectivity index is 4.04. The first kappa shape index (κ1) is 58.5. The van der Waals surface area contributed by atoms with Crippen molar-refractivity contribution >= 4 is 13.7 Å². The van der Waals surface area contributed by atoms with Crippen molar-refractivity contribution in [2.45, 2.75) is 276 Å². The Labute approximate surface area is 368 Å². The normalized spacial score (nSPS) is 14.1. The topological polar surface area (TPSA) is 108 Å². The molecule has 0 saturated carbocycles.